The van der Waals surface area contributed by atoms with Crippen LogP contribution >= 0.6 is 0 Å². The molecule has 34 heavy (non-hydrogen) atoms. The number of rotatable bonds is 5. The number of nitrogens with one attached hydrogen (secondary N) is 1. The number of hydrogen-bond donors (Lipinski definition) is 1. The summed E-state index contributed by atoms with van der Waals surface area (Å²) in [5, 5.41) is 5.87. The van der Waals surface area contributed by atoms with Crippen LogP contribution in [-0.2, 0) is 19.4 Å². The van der Waals surface area contributed by atoms with E-state index < -0.39 is 52.8 Å². The van der Waals surface area contributed by atoms with Crippen molar-refractivity contribution < 1.29 is 44.7 Å². The minimum absolute atomic E-state index is 0.0928. The Balaban J connectivity index is 1.99. The van der Waals surface area contributed by atoms with E-state index >= 15 is 0 Å². The van der Waals surface area contributed by atoms with Gasteiger partial charge in [0.2, 0.25) is 0 Å². The Morgan fingerprint density at radius 2 is 1.65 bits per heavy atom. The molecule has 5 nitrogen and oxygen atoms in total. The number of aromatic nitrogens is 2. The number of alkyl halides is 8. The number of para-hydroxylation sites is 2. The quantitative estimate of drug-likeness (QED) is 0.400. The van der Waals surface area contributed by atoms with Gasteiger partial charge in [-0.05, 0) is 37.3 Å². The number of carbonyl (C=O) groups excluding carboxylic acids is 1. The largest absolute Gasteiger partial charge is 0.455 e. The highest BCUT2D eigenvalue weighted by Crippen LogP contribution is 2.43. The first-order valence-corrected chi connectivity index (χ1v) is 9.38. The summed E-state index contributed by atoms with van der Waals surface area (Å²) in [7, 11) is 1.35. The fourth-order valence-corrected chi connectivity index (χ4v) is 3.05. The molecule has 0 radical (unpaired) electrons. The highest BCUT2D eigenvalue weighted by molar-refractivity contribution is 6.06. The number of benzene rings is 2. The lowest BCUT2D eigenvalue weighted by molar-refractivity contribution is -0.143. The molecule has 1 amide bonds. The summed E-state index contributed by atoms with van der Waals surface area (Å²) in [4.78, 5) is 12.7. The Hall–Kier alpha value is -3.64. The summed E-state index contributed by atoms with van der Waals surface area (Å²) in [6.07, 6.45) is -13.3. The number of nitrogens with zero attached hydrogens (tertiary/aromatic N) is 2. The third-order valence-corrected chi connectivity index (χ3v) is 4.76. The predicted molar refractivity (Wildman–Crippen MR) is 104 cm³/mol. The van der Waals surface area contributed by atoms with Crippen LogP contribution < -0.4 is 10.1 Å². The summed E-state index contributed by atoms with van der Waals surface area (Å²) in [5.74, 6) is -2.34. The van der Waals surface area contributed by atoms with Gasteiger partial charge in [-0.15, -0.1) is 0 Å². The van der Waals surface area contributed by atoms with Crippen LogP contribution in [0.5, 0.6) is 11.5 Å². The van der Waals surface area contributed by atoms with Gasteiger partial charge in [0.05, 0.1) is 22.4 Å². The lowest BCUT2D eigenvalue weighted by Crippen LogP contribution is -2.16. The zero-order chi connectivity index (χ0) is 25.4. The minimum atomic E-state index is -5.19. The first kappa shape index (κ1) is 25.0. The van der Waals surface area contributed by atoms with Crippen molar-refractivity contribution in [3.05, 3.63) is 70.5 Å². The average Bonchev–Trinajstić information content (AvgIpc) is 3.03. The predicted octanol–water partition coefficient (Wildman–Crippen LogP) is 6.75. The van der Waals surface area contributed by atoms with Crippen LogP contribution in [0.25, 0.3) is 0 Å². The van der Waals surface area contributed by atoms with Crippen molar-refractivity contribution in [3.63, 3.8) is 0 Å². The van der Waals surface area contributed by atoms with Gasteiger partial charge in [0, 0.05) is 12.7 Å². The van der Waals surface area contributed by atoms with Gasteiger partial charge in [-0.2, -0.15) is 31.4 Å². The van der Waals surface area contributed by atoms with E-state index in [1.54, 1.807) is 0 Å². The monoisotopic (exact) mass is 493 g/mol. The lowest BCUT2D eigenvalue weighted by Gasteiger charge is -2.18. The molecule has 0 aliphatic rings. The Kier molecular flexibility index (Phi) is 6.58. The van der Waals surface area contributed by atoms with Crippen LogP contribution in [0.2, 0.25) is 0 Å². The molecule has 0 aliphatic carbocycles. The van der Waals surface area contributed by atoms with Gasteiger partial charge in [-0.25, -0.2) is 8.78 Å². The Morgan fingerprint density at radius 1 is 1.00 bits per heavy atom. The molecule has 0 fully saturated rings. The lowest BCUT2D eigenvalue weighted by atomic mass is 10.1. The number of ether oxygens (including phenoxy) is 1. The molecule has 0 saturated heterocycles. The number of halogens is 8. The maximum atomic E-state index is 13.4. The number of carbonyl (C=O) groups is 1. The molecule has 182 valence electrons. The Morgan fingerprint density at radius 3 is 2.24 bits per heavy atom. The SMILES string of the molecule is Cc1c(C(=O)Nc2ccccc2Oc2ccc(C(F)(F)F)cc2C(F)(F)F)c(C(F)F)nn1C. The number of hydrogen-bond acceptors (Lipinski definition) is 3. The molecule has 0 atom stereocenters. The van der Waals surface area contributed by atoms with Crippen LogP contribution in [0.15, 0.2) is 42.5 Å². The standard InChI is InChI=1S/C21H15F8N3O2/c1-10-16(17(18(22)23)31-32(10)2)19(33)30-13-5-3-4-6-15(13)34-14-8-7-11(20(24,25)26)9-12(14)21(27,28)29/h3-9,18H,1-2H3,(H,30,33). The van der Waals surface area contributed by atoms with Crippen LogP contribution in [0.4, 0.5) is 40.8 Å². The highest BCUT2D eigenvalue weighted by Gasteiger charge is 2.39. The van der Waals surface area contributed by atoms with Crippen molar-refractivity contribution in [2.75, 3.05) is 5.32 Å². The third kappa shape index (κ3) is 5.13. The average molecular weight is 493 g/mol. The van der Waals surface area contributed by atoms with Gasteiger partial charge in [-0.1, -0.05) is 12.1 Å². The van der Waals surface area contributed by atoms with Crippen LogP contribution in [0, 0.1) is 6.92 Å². The normalized spacial score (nSPS) is 12.2. The molecule has 2 aromatic carbocycles. The molecule has 0 saturated carbocycles. The van der Waals surface area contributed by atoms with Gasteiger partial charge in [0.1, 0.15) is 11.4 Å². The molecule has 0 bridgehead atoms. The van der Waals surface area contributed by atoms with E-state index in [1.807, 2.05) is 0 Å². The smallest absolute Gasteiger partial charge is 0.420 e. The fraction of sp³-hybridized carbons (Fsp3) is 0.238. The van der Waals surface area contributed by atoms with Crippen molar-refractivity contribution in [3.8, 4) is 11.5 Å². The summed E-state index contributed by atoms with van der Waals surface area (Å²) >= 11 is 0. The molecule has 3 aromatic rings. The van der Waals surface area contributed by atoms with Crippen LogP contribution in [0.1, 0.15) is 39.3 Å². The van der Waals surface area contributed by atoms with Gasteiger partial charge in [-0.3, -0.25) is 9.48 Å². The maximum Gasteiger partial charge on any atom is 0.420 e. The van der Waals surface area contributed by atoms with E-state index in [9.17, 15) is 39.9 Å². The van der Waals surface area contributed by atoms with E-state index in [4.69, 9.17) is 4.74 Å². The topological polar surface area (TPSA) is 56.1 Å². The van der Waals surface area contributed by atoms with Gasteiger partial charge >= 0.3 is 12.4 Å². The van der Waals surface area contributed by atoms with E-state index in [1.165, 1.54) is 32.2 Å². The number of aryl methyl sites for hydroxylation is 1. The second kappa shape index (κ2) is 8.95. The van der Waals surface area contributed by atoms with E-state index in [-0.39, 0.29) is 23.2 Å². The summed E-state index contributed by atoms with van der Waals surface area (Å²) in [6, 6.07) is 5.91. The fourth-order valence-electron chi connectivity index (χ4n) is 3.05. The molecular formula is C21H15F8N3O2. The minimum Gasteiger partial charge on any atom is -0.455 e. The molecule has 1 N–H and O–H groups in total. The second-order valence-electron chi connectivity index (χ2n) is 7.03. The molecule has 0 spiro atoms. The highest BCUT2D eigenvalue weighted by atomic mass is 19.4. The molecule has 3 rings (SSSR count). The van der Waals surface area contributed by atoms with Gasteiger partial charge in [0.25, 0.3) is 12.3 Å². The zero-order valence-electron chi connectivity index (χ0n) is 17.4. The number of amides is 1. The third-order valence-electron chi connectivity index (χ3n) is 4.76. The number of anilines is 1. The molecular weight excluding hydrogens is 478 g/mol. The van der Waals surface area contributed by atoms with Gasteiger partial charge < -0.3 is 10.1 Å². The van der Waals surface area contributed by atoms with Crippen molar-refractivity contribution in [2.45, 2.75) is 25.7 Å². The van der Waals surface area contributed by atoms with Crippen LogP contribution in [-0.4, -0.2) is 15.7 Å². The van der Waals surface area contributed by atoms with E-state index in [2.05, 4.69) is 10.4 Å². The van der Waals surface area contributed by atoms with Crippen molar-refractivity contribution in [2.24, 2.45) is 7.05 Å². The Bertz CT molecular complexity index is 1220. The Labute approximate surface area is 186 Å². The van der Waals surface area contributed by atoms with E-state index in [0.717, 1.165) is 10.7 Å². The van der Waals surface area contributed by atoms with Crippen molar-refractivity contribution >= 4 is 11.6 Å². The second-order valence-corrected chi connectivity index (χ2v) is 7.03. The van der Waals surface area contributed by atoms with Crippen LogP contribution in [0.3, 0.4) is 0 Å². The summed E-state index contributed by atoms with van der Waals surface area (Å²) in [5.41, 5.74) is -4.54. The molecule has 0 unspecified atom stereocenters. The van der Waals surface area contributed by atoms with Gasteiger partial charge in [0.15, 0.2) is 5.75 Å². The van der Waals surface area contributed by atoms with Crippen molar-refractivity contribution in [1.82, 2.24) is 9.78 Å². The summed E-state index contributed by atoms with van der Waals surface area (Å²) in [6.45, 7) is 1.37. The zero-order valence-corrected chi connectivity index (χ0v) is 17.4. The summed E-state index contributed by atoms with van der Waals surface area (Å²) < 4.78 is 112. The first-order valence-electron chi connectivity index (χ1n) is 9.38. The van der Waals surface area contributed by atoms with E-state index in [0.29, 0.717) is 12.1 Å². The molecule has 13 heteroatoms. The maximum absolute atomic E-state index is 13.4. The molecule has 1 heterocycles. The molecule has 0 aliphatic heterocycles. The molecule has 1 aromatic heterocycles. The first-order chi connectivity index (χ1) is 15.7. The van der Waals surface area contributed by atoms with Crippen molar-refractivity contribution in [1.29, 1.82) is 0 Å².